The molecule has 0 radical (unpaired) electrons. The molecule has 1 aromatic carbocycles. The number of hydrogen-bond acceptors (Lipinski definition) is 7. The summed E-state index contributed by atoms with van der Waals surface area (Å²) in [4.78, 5) is 70.7. The van der Waals surface area contributed by atoms with Crippen molar-refractivity contribution in [3.63, 3.8) is 0 Å². The Hall–Kier alpha value is -3.67. The van der Waals surface area contributed by atoms with Crippen LogP contribution in [-0.4, -0.2) is 108 Å². The fourth-order valence-corrected chi connectivity index (χ4v) is 5.39. The molecule has 4 N–H and O–H groups in total. The molecule has 0 bridgehead atoms. The number of amides is 5. The first kappa shape index (κ1) is 28.3. The van der Waals surface area contributed by atoms with Gasteiger partial charge in [0.05, 0.1) is 18.0 Å². The molecule has 12 heteroatoms. The average Bonchev–Trinajstić information content (AvgIpc) is 3.41. The van der Waals surface area contributed by atoms with E-state index in [1.54, 1.807) is 34.1 Å². The van der Waals surface area contributed by atoms with Crippen LogP contribution >= 0.6 is 0 Å². The predicted octanol–water partition coefficient (Wildman–Crippen LogP) is -0.527. The lowest BCUT2D eigenvalue weighted by molar-refractivity contribution is -0.139. The van der Waals surface area contributed by atoms with Crippen LogP contribution in [0.3, 0.4) is 0 Å². The van der Waals surface area contributed by atoms with Crippen molar-refractivity contribution < 1.29 is 28.7 Å². The third-order valence-corrected chi connectivity index (χ3v) is 7.66. The molecule has 0 aliphatic carbocycles. The Labute approximate surface area is 228 Å². The molecular weight excluding hydrogens is 504 g/mol. The Kier molecular flexibility index (Phi) is 9.39. The number of piperazine rings is 1. The van der Waals surface area contributed by atoms with E-state index < -0.39 is 29.8 Å². The number of rotatable bonds is 5. The summed E-state index contributed by atoms with van der Waals surface area (Å²) >= 11 is 0. The second kappa shape index (κ2) is 12.9. The molecule has 3 heterocycles. The summed E-state index contributed by atoms with van der Waals surface area (Å²) in [7, 11) is 0. The molecule has 0 aromatic heterocycles. The smallest absolute Gasteiger partial charge is 0.255 e. The summed E-state index contributed by atoms with van der Waals surface area (Å²) in [6.07, 6.45) is 1.07. The first-order chi connectivity index (χ1) is 18.8. The Morgan fingerprint density at radius 3 is 2.51 bits per heavy atom. The maximum absolute atomic E-state index is 13.5. The van der Waals surface area contributed by atoms with Gasteiger partial charge in [0.2, 0.25) is 23.6 Å². The first-order valence-corrected chi connectivity index (χ1v) is 13.7. The van der Waals surface area contributed by atoms with Crippen molar-refractivity contribution in [1.29, 1.82) is 0 Å². The lowest BCUT2D eigenvalue weighted by Gasteiger charge is -2.36. The van der Waals surface area contributed by atoms with Gasteiger partial charge in [-0.1, -0.05) is 19.1 Å². The van der Waals surface area contributed by atoms with E-state index in [1.165, 1.54) is 0 Å². The molecule has 1 aromatic rings. The van der Waals surface area contributed by atoms with E-state index in [4.69, 9.17) is 10.5 Å². The molecule has 3 aliphatic heterocycles. The van der Waals surface area contributed by atoms with E-state index in [0.29, 0.717) is 44.9 Å². The molecular formula is C27H38N6O6. The summed E-state index contributed by atoms with van der Waals surface area (Å²) in [5, 5.41) is 5.47. The molecule has 212 valence electrons. The number of carbonyl (C=O) groups is 5. The summed E-state index contributed by atoms with van der Waals surface area (Å²) in [5.74, 6) is -2.01. The van der Waals surface area contributed by atoms with Crippen molar-refractivity contribution in [3.8, 4) is 5.75 Å². The van der Waals surface area contributed by atoms with Gasteiger partial charge in [0, 0.05) is 39.1 Å². The summed E-state index contributed by atoms with van der Waals surface area (Å²) in [6.45, 7) is 5.95. The van der Waals surface area contributed by atoms with Crippen LogP contribution in [0.1, 0.15) is 49.4 Å². The highest BCUT2D eigenvalue weighted by Crippen LogP contribution is 2.24. The summed E-state index contributed by atoms with van der Waals surface area (Å²) in [6, 6.07) is 4.35. The largest absolute Gasteiger partial charge is 0.491 e. The molecule has 5 amide bonds. The minimum Gasteiger partial charge on any atom is -0.491 e. The number of nitrogens with zero attached hydrogens (tertiary/aromatic N) is 3. The van der Waals surface area contributed by atoms with Gasteiger partial charge in [-0.15, -0.1) is 0 Å². The molecule has 0 unspecified atom stereocenters. The van der Waals surface area contributed by atoms with Crippen molar-refractivity contribution in [2.24, 2.45) is 5.73 Å². The van der Waals surface area contributed by atoms with Crippen molar-refractivity contribution in [1.82, 2.24) is 25.3 Å². The molecule has 12 nitrogen and oxygen atoms in total. The highest BCUT2D eigenvalue weighted by atomic mass is 16.5. The Balaban J connectivity index is 1.62. The number of carbonyl (C=O) groups excluding carboxylic acids is 5. The fourth-order valence-electron chi connectivity index (χ4n) is 5.39. The van der Waals surface area contributed by atoms with E-state index in [-0.39, 0.29) is 49.3 Å². The normalized spacial score (nSPS) is 25.1. The van der Waals surface area contributed by atoms with Crippen molar-refractivity contribution in [2.45, 2.75) is 57.2 Å². The molecule has 4 rings (SSSR count). The van der Waals surface area contributed by atoms with Gasteiger partial charge in [-0.25, -0.2) is 0 Å². The number of ether oxygens (including phenoxy) is 1. The van der Waals surface area contributed by atoms with Crippen LogP contribution in [0.5, 0.6) is 5.75 Å². The highest BCUT2D eigenvalue weighted by molar-refractivity contribution is 6.01. The van der Waals surface area contributed by atoms with Gasteiger partial charge in [-0.2, -0.15) is 0 Å². The number of likely N-dealkylation sites (N-methyl/N-ethyl adjacent to an activating group) is 1. The summed E-state index contributed by atoms with van der Waals surface area (Å²) < 4.78 is 6.04. The zero-order valence-electron chi connectivity index (χ0n) is 22.4. The third kappa shape index (κ3) is 7.05. The van der Waals surface area contributed by atoms with Gasteiger partial charge in [0.25, 0.3) is 5.91 Å². The number of nitrogens with two attached hydrogens (primary N) is 1. The lowest BCUT2D eigenvalue weighted by Crippen LogP contribution is -2.57. The van der Waals surface area contributed by atoms with Crippen LogP contribution < -0.4 is 21.1 Å². The molecule has 0 spiro atoms. The summed E-state index contributed by atoms with van der Waals surface area (Å²) in [5.41, 5.74) is 5.58. The van der Waals surface area contributed by atoms with Gasteiger partial charge in [-0.05, 0) is 37.9 Å². The van der Waals surface area contributed by atoms with Crippen LogP contribution in [0.15, 0.2) is 24.3 Å². The number of primary amides is 1. The Bertz CT molecular complexity index is 1090. The number of hydrogen-bond donors (Lipinski definition) is 3. The SMILES string of the molecule is CCN1CCN(C(=O)[C@@H]2CC(=O)N[C@@H](CCC(N)=O)C(=O)N3CCC[C@@H]3COc3ccccc3C(=O)N2)CC1. The molecule has 3 atom stereocenters. The zero-order chi connectivity index (χ0) is 27.9. The lowest BCUT2D eigenvalue weighted by atomic mass is 10.1. The zero-order valence-corrected chi connectivity index (χ0v) is 22.4. The van der Waals surface area contributed by atoms with E-state index in [9.17, 15) is 24.0 Å². The first-order valence-electron chi connectivity index (χ1n) is 13.7. The Morgan fingerprint density at radius 2 is 1.79 bits per heavy atom. The third-order valence-electron chi connectivity index (χ3n) is 7.66. The van der Waals surface area contributed by atoms with Crippen LogP contribution in [-0.2, 0) is 19.2 Å². The molecule has 3 aliphatic rings. The van der Waals surface area contributed by atoms with Gasteiger partial charge in [0.1, 0.15) is 24.4 Å². The van der Waals surface area contributed by atoms with Crippen LogP contribution in [0.4, 0.5) is 0 Å². The number of benzene rings is 1. The van der Waals surface area contributed by atoms with Crippen molar-refractivity contribution in [3.05, 3.63) is 29.8 Å². The van der Waals surface area contributed by atoms with Gasteiger partial charge in [-0.3, -0.25) is 24.0 Å². The van der Waals surface area contributed by atoms with E-state index in [2.05, 4.69) is 22.5 Å². The maximum Gasteiger partial charge on any atom is 0.255 e. The highest BCUT2D eigenvalue weighted by Gasteiger charge is 2.37. The minimum atomic E-state index is -1.15. The number of nitrogens with one attached hydrogen (secondary N) is 2. The van der Waals surface area contributed by atoms with Crippen LogP contribution in [0.2, 0.25) is 0 Å². The van der Waals surface area contributed by atoms with Crippen LogP contribution in [0.25, 0.3) is 0 Å². The second-order valence-electron chi connectivity index (χ2n) is 10.2. The maximum atomic E-state index is 13.5. The topological polar surface area (TPSA) is 154 Å². The van der Waals surface area contributed by atoms with Crippen LogP contribution in [0, 0.1) is 0 Å². The van der Waals surface area contributed by atoms with Gasteiger partial charge < -0.3 is 35.8 Å². The monoisotopic (exact) mass is 542 g/mol. The second-order valence-corrected chi connectivity index (χ2v) is 10.2. The molecule has 39 heavy (non-hydrogen) atoms. The van der Waals surface area contributed by atoms with Crippen molar-refractivity contribution in [2.75, 3.05) is 45.9 Å². The fraction of sp³-hybridized carbons (Fsp3) is 0.593. The molecule has 2 saturated heterocycles. The van der Waals surface area contributed by atoms with Gasteiger partial charge >= 0.3 is 0 Å². The van der Waals surface area contributed by atoms with E-state index in [1.807, 2.05) is 0 Å². The minimum absolute atomic E-state index is 0.0385. The molecule has 0 saturated carbocycles. The van der Waals surface area contributed by atoms with E-state index in [0.717, 1.165) is 13.0 Å². The Morgan fingerprint density at radius 1 is 1.05 bits per heavy atom. The standard InChI is InChI=1S/C27H38N6O6/c1-2-31-12-14-32(15-13-31)26(37)21-16-24(35)29-20(9-10-23(28)34)27(38)33-11-5-6-18(33)17-39-22-8-4-3-7-19(22)25(36)30-21/h3-4,7-8,18,20-21H,2,5-6,9-17H2,1H3,(H2,28,34)(H,29,35)(H,30,36)/t18-,20+,21+/m1/s1. The van der Waals surface area contributed by atoms with Gasteiger partial charge in [0.15, 0.2) is 0 Å². The molecule has 2 fully saturated rings. The quantitative estimate of drug-likeness (QED) is 0.452. The predicted molar refractivity (Wildman–Crippen MR) is 142 cm³/mol. The van der Waals surface area contributed by atoms with E-state index >= 15 is 0 Å². The average molecular weight is 543 g/mol. The number of para-hydroxylation sites is 1. The number of fused-ring (bicyclic) bond motifs is 2. The van der Waals surface area contributed by atoms with Crippen molar-refractivity contribution >= 4 is 29.5 Å².